The lowest BCUT2D eigenvalue weighted by Crippen LogP contribution is -2.37. The van der Waals surface area contributed by atoms with Gasteiger partial charge in [-0.1, -0.05) is 19.1 Å². The van der Waals surface area contributed by atoms with Crippen molar-refractivity contribution in [3.05, 3.63) is 0 Å². The average Bonchev–Trinajstić information content (AvgIpc) is 2.18. The summed E-state index contributed by atoms with van der Waals surface area (Å²) in [5, 5.41) is 2.81. The maximum Gasteiger partial charge on any atom is 0.229 e. The van der Waals surface area contributed by atoms with Crippen LogP contribution >= 0.6 is 12.2 Å². The summed E-state index contributed by atoms with van der Waals surface area (Å²) in [5.74, 6) is -0.398. The molecular weight excluding hydrogens is 212 g/mol. The molecule has 15 heavy (non-hydrogen) atoms. The molecule has 0 saturated heterocycles. The molecule has 3 N–H and O–H groups in total. The largest absolute Gasteiger partial charge is 0.393 e. The minimum absolute atomic E-state index is 0.0672. The molecule has 0 aromatic rings. The van der Waals surface area contributed by atoms with Gasteiger partial charge in [0.25, 0.3) is 0 Å². The SMILES string of the molecule is CCC(C(=O)NCCCCOC)C(N)=S. The first-order valence-corrected chi connectivity index (χ1v) is 5.60. The summed E-state index contributed by atoms with van der Waals surface area (Å²) in [5.41, 5.74) is 5.45. The summed E-state index contributed by atoms with van der Waals surface area (Å²) < 4.78 is 4.90. The number of carbonyl (C=O) groups excluding carboxylic acids is 1. The summed E-state index contributed by atoms with van der Waals surface area (Å²) in [7, 11) is 1.67. The monoisotopic (exact) mass is 232 g/mol. The Bertz CT molecular complexity index is 210. The van der Waals surface area contributed by atoms with Gasteiger partial charge in [0.1, 0.15) is 0 Å². The number of carbonyl (C=O) groups is 1. The average molecular weight is 232 g/mol. The van der Waals surface area contributed by atoms with Gasteiger partial charge >= 0.3 is 0 Å². The first-order valence-electron chi connectivity index (χ1n) is 5.19. The van der Waals surface area contributed by atoms with E-state index in [0.29, 0.717) is 13.0 Å². The number of rotatable bonds is 8. The van der Waals surface area contributed by atoms with Crippen molar-refractivity contribution in [2.75, 3.05) is 20.3 Å². The number of nitrogens with one attached hydrogen (secondary N) is 1. The van der Waals surface area contributed by atoms with E-state index in [1.165, 1.54) is 0 Å². The van der Waals surface area contributed by atoms with Crippen LogP contribution in [0.25, 0.3) is 0 Å². The fourth-order valence-electron chi connectivity index (χ4n) is 1.22. The predicted molar refractivity (Wildman–Crippen MR) is 64.7 cm³/mol. The third-order valence-corrected chi connectivity index (χ3v) is 2.43. The van der Waals surface area contributed by atoms with Crippen LogP contribution in [-0.4, -0.2) is 31.2 Å². The Morgan fingerprint density at radius 1 is 1.53 bits per heavy atom. The lowest BCUT2D eigenvalue weighted by molar-refractivity contribution is -0.123. The van der Waals surface area contributed by atoms with Crippen LogP contribution in [0.4, 0.5) is 0 Å². The second kappa shape index (κ2) is 8.61. The summed E-state index contributed by atoms with van der Waals surface area (Å²) in [6.07, 6.45) is 2.51. The van der Waals surface area contributed by atoms with Gasteiger partial charge in [0.2, 0.25) is 5.91 Å². The highest BCUT2D eigenvalue weighted by atomic mass is 32.1. The Labute approximate surface area is 96.5 Å². The number of ether oxygens (including phenoxy) is 1. The Morgan fingerprint density at radius 2 is 2.20 bits per heavy atom. The second-order valence-electron chi connectivity index (χ2n) is 3.35. The van der Waals surface area contributed by atoms with Crippen LogP contribution in [0.15, 0.2) is 0 Å². The van der Waals surface area contributed by atoms with E-state index in [4.69, 9.17) is 22.7 Å². The fourth-order valence-corrected chi connectivity index (χ4v) is 1.50. The lowest BCUT2D eigenvalue weighted by Gasteiger charge is -2.13. The molecule has 0 heterocycles. The Hall–Kier alpha value is -0.680. The minimum atomic E-state index is -0.331. The smallest absolute Gasteiger partial charge is 0.229 e. The third-order valence-electron chi connectivity index (χ3n) is 2.14. The van der Waals surface area contributed by atoms with E-state index < -0.39 is 0 Å². The molecule has 0 aliphatic rings. The summed E-state index contributed by atoms with van der Waals surface area (Å²) in [4.78, 5) is 11.8. The Kier molecular flexibility index (Phi) is 8.22. The molecule has 0 aliphatic carbocycles. The molecule has 0 bridgehead atoms. The molecule has 0 aromatic carbocycles. The van der Waals surface area contributed by atoms with E-state index in [1.54, 1.807) is 7.11 Å². The molecule has 4 nitrogen and oxygen atoms in total. The highest BCUT2D eigenvalue weighted by molar-refractivity contribution is 7.80. The molecule has 0 aliphatic heterocycles. The van der Waals surface area contributed by atoms with Crippen LogP contribution in [0.1, 0.15) is 26.2 Å². The van der Waals surface area contributed by atoms with Crippen molar-refractivity contribution in [2.24, 2.45) is 11.7 Å². The molecule has 0 spiro atoms. The van der Waals surface area contributed by atoms with Crippen LogP contribution in [0, 0.1) is 5.92 Å². The molecule has 0 saturated carbocycles. The van der Waals surface area contributed by atoms with Crippen molar-refractivity contribution in [1.29, 1.82) is 0 Å². The van der Waals surface area contributed by atoms with Crippen molar-refractivity contribution in [2.45, 2.75) is 26.2 Å². The van der Waals surface area contributed by atoms with E-state index in [-0.39, 0.29) is 16.8 Å². The molecule has 88 valence electrons. The third kappa shape index (κ3) is 6.41. The number of methoxy groups -OCH3 is 1. The van der Waals surface area contributed by atoms with Crippen molar-refractivity contribution < 1.29 is 9.53 Å². The maximum absolute atomic E-state index is 11.5. The second-order valence-corrected chi connectivity index (χ2v) is 3.83. The molecule has 0 fully saturated rings. The van der Waals surface area contributed by atoms with Crippen LogP contribution in [0.3, 0.4) is 0 Å². The quantitative estimate of drug-likeness (QED) is 0.481. The molecule has 1 unspecified atom stereocenters. The van der Waals surface area contributed by atoms with E-state index in [1.807, 2.05) is 6.92 Å². The van der Waals surface area contributed by atoms with Crippen molar-refractivity contribution in [3.8, 4) is 0 Å². The topological polar surface area (TPSA) is 64.3 Å². The van der Waals surface area contributed by atoms with E-state index in [9.17, 15) is 4.79 Å². The highest BCUT2D eigenvalue weighted by Gasteiger charge is 2.18. The van der Waals surface area contributed by atoms with Gasteiger partial charge in [0.15, 0.2) is 0 Å². The van der Waals surface area contributed by atoms with E-state index in [0.717, 1.165) is 19.4 Å². The molecule has 5 heteroatoms. The van der Waals surface area contributed by atoms with Gasteiger partial charge in [0, 0.05) is 20.3 Å². The highest BCUT2D eigenvalue weighted by Crippen LogP contribution is 2.02. The van der Waals surface area contributed by atoms with Crippen LogP contribution < -0.4 is 11.1 Å². The van der Waals surface area contributed by atoms with Crippen LogP contribution in [0.5, 0.6) is 0 Å². The van der Waals surface area contributed by atoms with Crippen molar-refractivity contribution in [1.82, 2.24) is 5.32 Å². The van der Waals surface area contributed by atoms with Crippen LogP contribution in [-0.2, 0) is 9.53 Å². The number of hydrogen-bond acceptors (Lipinski definition) is 3. The summed E-state index contributed by atoms with van der Waals surface area (Å²) in [6.45, 7) is 3.28. The van der Waals surface area contributed by atoms with Crippen LogP contribution in [0.2, 0.25) is 0 Å². The minimum Gasteiger partial charge on any atom is -0.393 e. The Balaban J connectivity index is 3.67. The van der Waals surface area contributed by atoms with Crippen molar-refractivity contribution in [3.63, 3.8) is 0 Å². The van der Waals surface area contributed by atoms with Crippen molar-refractivity contribution >= 4 is 23.1 Å². The summed E-state index contributed by atoms with van der Waals surface area (Å²) in [6, 6.07) is 0. The Morgan fingerprint density at radius 3 is 2.67 bits per heavy atom. The normalized spacial score (nSPS) is 12.1. The number of hydrogen-bond donors (Lipinski definition) is 2. The molecule has 0 aromatic heterocycles. The molecular formula is C10H20N2O2S. The molecule has 1 amide bonds. The van der Waals surface area contributed by atoms with Gasteiger partial charge in [-0.3, -0.25) is 4.79 Å². The van der Waals surface area contributed by atoms with Gasteiger partial charge in [-0.15, -0.1) is 0 Å². The van der Waals surface area contributed by atoms with E-state index in [2.05, 4.69) is 5.32 Å². The zero-order valence-electron chi connectivity index (χ0n) is 9.41. The molecule has 1 atom stereocenters. The molecule has 0 rings (SSSR count). The predicted octanol–water partition coefficient (Wildman–Crippen LogP) is 0.841. The number of unbranched alkanes of at least 4 members (excludes halogenated alkanes) is 1. The zero-order valence-corrected chi connectivity index (χ0v) is 10.2. The van der Waals surface area contributed by atoms with E-state index >= 15 is 0 Å². The molecule has 0 radical (unpaired) electrons. The fraction of sp³-hybridized carbons (Fsp3) is 0.800. The van der Waals surface area contributed by atoms with Gasteiger partial charge in [-0.25, -0.2) is 0 Å². The van der Waals surface area contributed by atoms with Gasteiger partial charge in [-0.2, -0.15) is 0 Å². The number of thiocarbonyl (C=S) groups is 1. The van der Waals surface area contributed by atoms with Gasteiger partial charge in [0.05, 0.1) is 10.9 Å². The maximum atomic E-state index is 11.5. The first kappa shape index (κ1) is 14.3. The number of amides is 1. The van der Waals surface area contributed by atoms with Gasteiger partial charge < -0.3 is 15.8 Å². The lowest BCUT2D eigenvalue weighted by atomic mass is 10.1. The zero-order chi connectivity index (χ0) is 11.7. The standard InChI is InChI=1S/C10H20N2O2S/c1-3-8(9(11)15)10(13)12-6-4-5-7-14-2/h8H,3-7H2,1-2H3,(H2,11,15)(H,12,13). The number of nitrogens with two attached hydrogens (primary N) is 1. The first-order chi connectivity index (χ1) is 7.13. The summed E-state index contributed by atoms with van der Waals surface area (Å²) >= 11 is 4.81. The van der Waals surface area contributed by atoms with Gasteiger partial charge in [-0.05, 0) is 19.3 Å².